The van der Waals surface area contributed by atoms with Crippen LogP contribution in [-0.4, -0.2) is 24.2 Å². The van der Waals surface area contributed by atoms with Gasteiger partial charge in [0, 0.05) is 12.2 Å². The number of carboxylic acids is 1. The third-order valence-corrected chi connectivity index (χ3v) is 3.25. The lowest BCUT2D eigenvalue weighted by molar-refractivity contribution is -0.135. The molecule has 0 amide bonds. The number of benzene rings is 1. The largest absolute Gasteiger partial charge is 0.480 e. The highest BCUT2D eigenvalue weighted by molar-refractivity contribution is 6.32. The summed E-state index contributed by atoms with van der Waals surface area (Å²) in [6.07, 6.45) is 2.31. The molecular weight excluding hydrogens is 252 g/mol. The van der Waals surface area contributed by atoms with Crippen molar-refractivity contribution in [3.05, 3.63) is 28.8 Å². The molecule has 5 heteroatoms. The molecule has 1 saturated carbocycles. The lowest BCUT2D eigenvalue weighted by atomic mass is 10.2. The van der Waals surface area contributed by atoms with Crippen molar-refractivity contribution in [1.82, 2.24) is 0 Å². The van der Waals surface area contributed by atoms with E-state index in [9.17, 15) is 4.79 Å². The first-order valence-corrected chi connectivity index (χ1v) is 6.14. The maximum absolute atomic E-state index is 10.9. The van der Waals surface area contributed by atoms with Gasteiger partial charge in [-0.1, -0.05) is 11.6 Å². The van der Waals surface area contributed by atoms with E-state index >= 15 is 0 Å². The predicted molar refractivity (Wildman–Crippen MR) is 68.7 cm³/mol. The first-order valence-electron chi connectivity index (χ1n) is 5.76. The SMILES string of the molecule is N#Cc1ccc(N(CC(=O)O)CC2CC2)cc1Cl. The Hall–Kier alpha value is -1.73. The smallest absolute Gasteiger partial charge is 0.323 e. The van der Waals surface area contributed by atoms with Gasteiger partial charge in [-0.2, -0.15) is 5.26 Å². The summed E-state index contributed by atoms with van der Waals surface area (Å²) in [7, 11) is 0. The fourth-order valence-electron chi connectivity index (χ4n) is 1.83. The van der Waals surface area contributed by atoms with Gasteiger partial charge < -0.3 is 10.0 Å². The van der Waals surface area contributed by atoms with Crippen molar-refractivity contribution in [2.24, 2.45) is 5.92 Å². The minimum atomic E-state index is -0.865. The van der Waals surface area contributed by atoms with E-state index in [0.29, 0.717) is 16.5 Å². The van der Waals surface area contributed by atoms with Gasteiger partial charge in [-0.15, -0.1) is 0 Å². The summed E-state index contributed by atoms with van der Waals surface area (Å²) in [6, 6.07) is 7.02. The summed E-state index contributed by atoms with van der Waals surface area (Å²) in [6.45, 7) is 0.688. The predicted octanol–water partition coefficient (Wildman–Crippen LogP) is 2.51. The quantitative estimate of drug-likeness (QED) is 0.887. The Morgan fingerprint density at radius 3 is 2.78 bits per heavy atom. The van der Waals surface area contributed by atoms with E-state index in [0.717, 1.165) is 25.1 Å². The van der Waals surface area contributed by atoms with Crippen molar-refractivity contribution in [3.8, 4) is 6.07 Å². The fourth-order valence-corrected chi connectivity index (χ4v) is 2.05. The molecule has 1 aromatic carbocycles. The van der Waals surface area contributed by atoms with Gasteiger partial charge in [0.25, 0.3) is 0 Å². The molecule has 1 aromatic rings. The number of halogens is 1. The van der Waals surface area contributed by atoms with Crippen molar-refractivity contribution < 1.29 is 9.90 Å². The third-order valence-electron chi connectivity index (χ3n) is 2.94. The zero-order valence-electron chi connectivity index (χ0n) is 9.77. The molecule has 1 aliphatic carbocycles. The minimum Gasteiger partial charge on any atom is -0.480 e. The molecule has 0 saturated heterocycles. The van der Waals surface area contributed by atoms with Gasteiger partial charge in [0.1, 0.15) is 12.6 Å². The van der Waals surface area contributed by atoms with E-state index in [1.54, 1.807) is 23.1 Å². The summed E-state index contributed by atoms with van der Waals surface area (Å²) >= 11 is 5.97. The Morgan fingerprint density at radius 1 is 1.56 bits per heavy atom. The van der Waals surface area contributed by atoms with Crippen LogP contribution >= 0.6 is 11.6 Å². The van der Waals surface area contributed by atoms with Crippen LogP contribution in [0.2, 0.25) is 5.02 Å². The molecule has 0 atom stereocenters. The van der Waals surface area contributed by atoms with Gasteiger partial charge in [0.05, 0.1) is 10.6 Å². The number of aliphatic carboxylic acids is 1. The number of anilines is 1. The Morgan fingerprint density at radius 2 is 2.28 bits per heavy atom. The lowest BCUT2D eigenvalue weighted by Gasteiger charge is -2.23. The van der Waals surface area contributed by atoms with Gasteiger partial charge in [0.2, 0.25) is 0 Å². The van der Waals surface area contributed by atoms with Gasteiger partial charge in [-0.05, 0) is 37.0 Å². The van der Waals surface area contributed by atoms with Gasteiger partial charge >= 0.3 is 5.97 Å². The second-order valence-electron chi connectivity index (χ2n) is 4.49. The van der Waals surface area contributed by atoms with Crippen molar-refractivity contribution in [3.63, 3.8) is 0 Å². The highest BCUT2D eigenvalue weighted by Gasteiger charge is 2.25. The van der Waals surface area contributed by atoms with Gasteiger partial charge in [-0.25, -0.2) is 0 Å². The average molecular weight is 265 g/mol. The summed E-state index contributed by atoms with van der Waals surface area (Å²) in [5, 5.41) is 18.1. The molecule has 0 radical (unpaired) electrons. The number of hydrogen-bond acceptors (Lipinski definition) is 3. The van der Waals surface area contributed by atoms with Gasteiger partial charge in [-0.3, -0.25) is 4.79 Å². The molecule has 0 bridgehead atoms. The zero-order valence-corrected chi connectivity index (χ0v) is 10.5. The number of nitrogens with zero attached hydrogens (tertiary/aromatic N) is 2. The van der Waals surface area contributed by atoms with Crippen LogP contribution < -0.4 is 4.90 Å². The average Bonchev–Trinajstić information content (AvgIpc) is 3.11. The van der Waals surface area contributed by atoms with Crippen LogP contribution in [0.25, 0.3) is 0 Å². The molecule has 1 fully saturated rings. The van der Waals surface area contributed by atoms with Crippen LogP contribution in [0.1, 0.15) is 18.4 Å². The number of carbonyl (C=O) groups is 1. The van der Waals surface area contributed by atoms with E-state index in [-0.39, 0.29) is 6.54 Å². The van der Waals surface area contributed by atoms with Crippen molar-refractivity contribution >= 4 is 23.3 Å². The molecule has 0 unspecified atom stereocenters. The van der Waals surface area contributed by atoms with Crippen LogP contribution in [0.5, 0.6) is 0 Å². The second kappa shape index (κ2) is 5.28. The molecule has 18 heavy (non-hydrogen) atoms. The topological polar surface area (TPSA) is 64.3 Å². The molecule has 4 nitrogen and oxygen atoms in total. The van der Waals surface area contributed by atoms with E-state index in [2.05, 4.69) is 0 Å². The minimum absolute atomic E-state index is 0.0429. The van der Waals surface area contributed by atoms with E-state index in [1.165, 1.54) is 0 Å². The highest BCUT2D eigenvalue weighted by Crippen LogP contribution is 2.32. The summed E-state index contributed by atoms with van der Waals surface area (Å²) in [4.78, 5) is 12.7. The van der Waals surface area contributed by atoms with Crippen LogP contribution in [0.15, 0.2) is 18.2 Å². The van der Waals surface area contributed by atoms with Crippen molar-refractivity contribution in [2.75, 3.05) is 18.0 Å². The Labute approximate surface area is 110 Å². The molecular formula is C13H13ClN2O2. The van der Waals surface area contributed by atoms with Crippen LogP contribution in [-0.2, 0) is 4.79 Å². The second-order valence-corrected chi connectivity index (χ2v) is 4.90. The number of nitriles is 1. The van der Waals surface area contributed by atoms with Crippen LogP contribution in [0.4, 0.5) is 5.69 Å². The third kappa shape index (κ3) is 3.14. The first kappa shape index (κ1) is 12.7. The summed E-state index contributed by atoms with van der Waals surface area (Å²) in [5.41, 5.74) is 1.16. The molecule has 1 N–H and O–H groups in total. The molecule has 0 aliphatic heterocycles. The van der Waals surface area contributed by atoms with Crippen molar-refractivity contribution in [2.45, 2.75) is 12.8 Å². The standard InChI is InChI=1S/C13H13ClN2O2/c14-12-5-11(4-3-10(12)6-15)16(8-13(17)18)7-9-1-2-9/h3-5,9H,1-2,7-8H2,(H,17,18). The number of rotatable bonds is 5. The molecule has 1 aliphatic rings. The Balaban J connectivity index is 2.20. The van der Waals surface area contributed by atoms with Crippen LogP contribution in [0.3, 0.4) is 0 Å². The fraction of sp³-hybridized carbons (Fsp3) is 0.385. The number of hydrogen-bond donors (Lipinski definition) is 1. The molecule has 0 aromatic heterocycles. The number of carboxylic acid groups (broad SMARTS) is 1. The molecule has 2 rings (SSSR count). The zero-order chi connectivity index (χ0) is 13.1. The normalized spacial score (nSPS) is 14.0. The van der Waals surface area contributed by atoms with E-state index in [4.69, 9.17) is 22.0 Å². The van der Waals surface area contributed by atoms with E-state index < -0.39 is 5.97 Å². The summed E-state index contributed by atoms with van der Waals surface area (Å²) < 4.78 is 0. The monoisotopic (exact) mass is 264 g/mol. The molecule has 0 spiro atoms. The molecule has 0 heterocycles. The summed E-state index contributed by atoms with van der Waals surface area (Å²) in [5.74, 6) is -0.282. The lowest BCUT2D eigenvalue weighted by Crippen LogP contribution is -2.31. The Kier molecular flexibility index (Phi) is 3.73. The highest BCUT2D eigenvalue weighted by atomic mass is 35.5. The Bertz CT molecular complexity index is 506. The maximum Gasteiger partial charge on any atom is 0.323 e. The van der Waals surface area contributed by atoms with E-state index in [1.807, 2.05) is 6.07 Å². The first-order chi connectivity index (χ1) is 8.60. The van der Waals surface area contributed by atoms with Crippen molar-refractivity contribution in [1.29, 1.82) is 5.26 Å². The maximum atomic E-state index is 10.9. The van der Waals surface area contributed by atoms with Crippen LogP contribution in [0, 0.1) is 17.2 Å². The van der Waals surface area contributed by atoms with Gasteiger partial charge in [0.15, 0.2) is 0 Å². The molecule has 94 valence electrons.